The molecule has 2 nitrogen and oxygen atoms in total. The van der Waals surface area contributed by atoms with Crippen molar-refractivity contribution in [3.05, 3.63) is 59.7 Å². The van der Waals surface area contributed by atoms with Gasteiger partial charge in [0.05, 0.1) is 0 Å². The van der Waals surface area contributed by atoms with Gasteiger partial charge in [0, 0.05) is 17.8 Å². The number of ether oxygens (including phenoxy) is 1. The lowest BCUT2D eigenvalue weighted by molar-refractivity contribution is 0.366. The van der Waals surface area contributed by atoms with E-state index in [1.54, 1.807) is 0 Å². The second kappa shape index (κ2) is 7.40. The third kappa shape index (κ3) is 4.03. The average Bonchev–Trinajstić information content (AvgIpc) is 2.52. The molecule has 0 spiro atoms. The molecule has 108 valence electrons. The highest BCUT2D eigenvalue weighted by molar-refractivity contribution is 5.53. The molecule has 1 N–H and O–H groups in total. The molecule has 0 bridgehead atoms. The molecule has 0 amide bonds. The fourth-order valence-electron chi connectivity index (χ4n) is 2.26. The Labute approximate surface area is 127 Å². The van der Waals surface area contributed by atoms with Gasteiger partial charge in [-0.3, -0.25) is 0 Å². The smallest absolute Gasteiger partial charge is 0.148 e. The van der Waals surface area contributed by atoms with Gasteiger partial charge in [-0.25, -0.2) is 0 Å². The number of terminal acetylenes is 1. The van der Waals surface area contributed by atoms with Crippen molar-refractivity contribution in [2.24, 2.45) is 0 Å². The van der Waals surface area contributed by atoms with E-state index >= 15 is 0 Å². The number of benzene rings is 2. The Hall–Kier alpha value is -2.40. The van der Waals surface area contributed by atoms with Gasteiger partial charge in [0.25, 0.3) is 0 Å². The molecule has 2 rings (SSSR count). The minimum Gasteiger partial charge on any atom is -0.481 e. The van der Waals surface area contributed by atoms with E-state index in [0.717, 1.165) is 11.3 Å². The van der Waals surface area contributed by atoms with Crippen molar-refractivity contribution in [2.75, 3.05) is 11.9 Å². The zero-order chi connectivity index (χ0) is 15.1. The van der Waals surface area contributed by atoms with E-state index in [2.05, 4.69) is 55.4 Å². The molecule has 0 fully saturated rings. The molecule has 0 aromatic heterocycles. The lowest BCUT2D eigenvalue weighted by Gasteiger charge is -2.16. The zero-order valence-corrected chi connectivity index (χ0v) is 12.6. The first kappa shape index (κ1) is 15.0. The van der Waals surface area contributed by atoms with Gasteiger partial charge in [-0.2, -0.15) is 0 Å². The molecule has 0 atom stereocenters. The van der Waals surface area contributed by atoms with Crippen molar-refractivity contribution < 1.29 is 4.74 Å². The lowest BCUT2D eigenvalue weighted by atomic mass is 10.0. The fraction of sp³-hybridized carbons (Fsp3) is 0.263. The van der Waals surface area contributed by atoms with Gasteiger partial charge in [-0.15, -0.1) is 6.42 Å². The highest BCUT2D eigenvalue weighted by Crippen LogP contribution is 2.25. The van der Waals surface area contributed by atoms with E-state index < -0.39 is 0 Å². The van der Waals surface area contributed by atoms with Crippen molar-refractivity contribution in [3.63, 3.8) is 0 Å². The molecule has 0 saturated heterocycles. The maximum Gasteiger partial charge on any atom is 0.148 e. The zero-order valence-electron chi connectivity index (χ0n) is 12.6. The number of nitrogens with one attached hydrogen (secondary N) is 1. The molecule has 0 aliphatic carbocycles. The number of para-hydroxylation sites is 2. The van der Waals surface area contributed by atoms with Crippen molar-refractivity contribution in [2.45, 2.75) is 26.3 Å². The molecule has 0 aliphatic heterocycles. The van der Waals surface area contributed by atoms with Crippen LogP contribution in [0.25, 0.3) is 0 Å². The van der Waals surface area contributed by atoms with Gasteiger partial charge >= 0.3 is 0 Å². The summed E-state index contributed by atoms with van der Waals surface area (Å²) in [5.41, 5.74) is 3.59. The summed E-state index contributed by atoms with van der Waals surface area (Å²) in [6, 6.07) is 16.4. The van der Waals surface area contributed by atoms with Crippen LogP contribution in [0.1, 0.15) is 30.9 Å². The first-order chi connectivity index (χ1) is 10.2. The summed E-state index contributed by atoms with van der Waals surface area (Å²) in [5, 5.41) is 3.50. The van der Waals surface area contributed by atoms with E-state index in [0.29, 0.717) is 19.1 Å². The molecule has 0 aliphatic rings. The summed E-state index contributed by atoms with van der Waals surface area (Å²) >= 11 is 0. The molecule has 0 saturated carbocycles. The first-order valence-electron chi connectivity index (χ1n) is 7.19. The van der Waals surface area contributed by atoms with Crippen LogP contribution in [0.4, 0.5) is 5.69 Å². The summed E-state index contributed by atoms with van der Waals surface area (Å²) < 4.78 is 5.58. The first-order valence-corrected chi connectivity index (χ1v) is 7.19. The van der Waals surface area contributed by atoms with Gasteiger partial charge < -0.3 is 10.1 Å². The molecule has 0 unspecified atom stereocenters. The van der Waals surface area contributed by atoms with E-state index in [1.807, 2.05) is 18.2 Å². The topological polar surface area (TPSA) is 21.3 Å². The number of hydrogen-bond donors (Lipinski definition) is 1. The predicted octanol–water partition coefficient (Wildman–Crippen LogP) is 4.43. The Kier molecular flexibility index (Phi) is 5.29. The highest BCUT2D eigenvalue weighted by atomic mass is 16.5. The Morgan fingerprint density at radius 2 is 1.81 bits per heavy atom. The SMILES string of the molecule is C#CCOc1ccccc1CNc1ccccc1C(C)C. The normalized spacial score (nSPS) is 10.2. The molecule has 2 heteroatoms. The van der Waals surface area contributed by atoms with E-state index in [9.17, 15) is 0 Å². The molecular weight excluding hydrogens is 258 g/mol. The van der Waals surface area contributed by atoms with Crippen LogP contribution in [0.15, 0.2) is 48.5 Å². The lowest BCUT2D eigenvalue weighted by Crippen LogP contribution is -2.05. The maximum absolute atomic E-state index is 5.58. The quantitative estimate of drug-likeness (QED) is 0.790. The van der Waals surface area contributed by atoms with Gasteiger partial charge in [-0.05, 0) is 23.6 Å². The Morgan fingerprint density at radius 1 is 1.10 bits per heavy atom. The highest BCUT2D eigenvalue weighted by Gasteiger charge is 2.07. The largest absolute Gasteiger partial charge is 0.481 e. The molecule has 2 aromatic carbocycles. The van der Waals surface area contributed by atoms with E-state index in [1.165, 1.54) is 11.3 Å². The summed E-state index contributed by atoms with van der Waals surface area (Å²) in [7, 11) is 0. The predicted molar refractivity (Wildman–Crippen MR) is 88.6 cm³/mol. The Balaban J connectivity index is 2.12. The minimum atomic E-state index is 0.291. The Morgan fingerprint density at radius 3 is 2.57 bits per heavy atom. The third-order valence-corrected chi connectivity index (χ3v) is 3.34. The van der Waals surface area contributed by atoms with Crippen LogP contribution in [-0.2, 0) is 6.54 Å². The van der Waals surface area contributed by atoms with Crippen LogP contribution in [0.5, 0.6) is 5.75 Å². The number of anilines is 1. The number of rotatable bonds is 6. The Bertz CT molecular complexity index is 625. The van der Waals surface area contributed by atoms with Gasteiger partial charge in [0.1, 0.15) is 12.4 Å². The average molecular weight is 279 g/mol. The second-order valence-corrected chi connectivity index (χ2v) is 5.20. The summed E-state index contributed by atoms with van der Waals surface area (Å²) in [4.78, 5) is 0. The van der Waals surface area contributed by atoms with Gasteiger partial charge in [0.15, 0.2) is 0 Å². The van der Waals surface area contributed by atoms with Crippen LogP contribution in [0, 0.1) is 12.3 Å². The van der Waals surface area contributed by atoms with Gasteiger partial charge in [-0.1, -0.05) is 56.2 Å². The molecule has 0 radical (unpaired) electrons. The monoisotopic (exact) mass is 279 g/mol. The van der Waals surface area contributed by atoms with Crippen molar-refractivity contribution in [3.8, 4) is 18.1 Å². The van der Waals surface area contributed by atoms with Crippen molar-refractivity contribution in [1.29, 1.82) is 0 Å². The van der Waals surface area contributed by atoms with Crippen molar-refractivity contribution >= 4 is 5.69 Å². The van der Waals surface area contributed by atoms with Crippen LogP contribution in [0.3, 0.4) is 0 Å². The number of hydrogen-bond acceptors (Lipinski definition) is 2. The molecule has 21 heavy (non-hydrogen) atoms. The molecule has 2 aromatic rings. The van der Waals surface area contributed by atoms with Crippen LogP contribution >= 0.6 is 0 Å². The fourth-order valence-corrected chi connectivity index (χ4v) is 2.26. The third-order valence-electron chi connectivity index (χ3n) is 3.34. The summed E-state index contributed by atoms with van der Waals surface area (Å²) in [6.45, 7) is 5.40. The van der Waals surface area contributed by atoms with E-state index in [4.69, 9.17) is 11.2 Å². The van der Waals surface area contributed by atoms with Crippen molar-refractivity contribution in [1.82, 2.24) is 0 Å². The standard InChI is InChI=1S/C19H21NO/c1-4-13-21-19-12-8-5-9-16(19)14-20-18-11-7-6-10-17(18)15(2)3/h1,5-12,15,20H,13-14H2,2-3H3. The van der Waals surface area contributed by atoms with Crippen LogP contribution in [0.2, 0.25) is 0 Å². The van der Waals surface area contributed by atoms with E-state index in [-0.39, 0.29) is 0 Å². The van der Waals surface area contributed by atoms with Crippen LogP contribution in [-0.4, -0.2) is 6.61 Å². The molecular formula is C19H21NO. The second-order valence-electron chi connectivity index (χ2n) is 5.20. The summed E-state index contributed by atoms with van der Waals surface area (Å²) in [5.74, 6) is 3.82. The van der Waals surface area contributed by atoms with Gasteiger partial charge in [0.2, 0.25) is 0 Å². The molecule has 0 heterocycles. The summed E-state index contributed by atoms with van der Waals surface area (Å²) in [6.07, 6.45) is 5.25. The van der Waals surface area contributed by atoms with Crippen LogP contribution < -0.4 is 10.1 Å². The maximum atomic E-state index is 5.58. The minimum absolute atomic E-state index is 0.291.